The van der Waals surface area contributed by atoms with Crippen LogP contribution in [0.15, 0.2) is 36.4 Å². The summed E-state index contributed by atoms with van der Waals surface area (Å²) >= 11 is 0. The van der Waals surface area contributed by atoms with Gasteiger partial charge in [-0.25, -0.2) is 4.79 Å². The molecule has 5 heteroatoms. The molecule has 2 aromatic rings. The standard InChI is InChI=1S/C19H24N2O3/c1-13-5-7-17(15(3)11-13)24-10-9-20-19(22)21-16-12-14(2)6-8-18(16)23-4/h5-8,11-12H,9-10H2,1-4H3,(H2,20,21,22). The number of ether oxygens (including phenoxy) is 2. The first kappa shape index (κ1) is 17.7. The summed E-state index contributed by atoms with van der Waals surface area (Å²) in [5, 5.41) is 5.56. The third kappa shape index (κ3) is 4.91. The van der Waals surface area contributed by atoms with Crippen LogP contribution in [0.1, 0.15) is 16.7 Å². The topological polar surface area (TPSA) is 59.6 Å². The molecule has 0 spiro atoms. The van der Waals surface area contributed by atoms with Crippen LogP contribution in [0.3, 0.4) is 0 Å². The monoisotopic (exact) mass is 328 g/mol. The molecular weight excluding hydrogens is 304 g/mol. The number of aryl methyl sites for hydroxylation is 3. The summed E-state index contributed by atoms with van der Waals surface area (Å²) in [4.78, 5) is 12.0. The van der Waals surface area contributed by atoms with Crippen LogP contribution in [0.4, 0.5) is 10.5 Å². The second-order valence-corrected chi connectivity index (χ2v) is 5.70. The van der Waals surface area contributed by atoms with Crippen LogP contribution in [-0.4, -0.2) is 26.3 Å². The molecule has 128 valence electrons. The average molecular weight is 328 g/mol. The normalized spacial score (nSPS) is 10.2. The molecule has 5 nitrogen and oxygen atoms in total. The van der Waals surface area contributed by atoms with E-state index < -0.39 is 0 Å². The molecule has 24 heavy (non-hydrogen) atoms. The minimum atomic E-state index is -0.289. The molecule has 2 N–H and O–H groups in total. The van der Waals surface area contributed by atoms with Gasteiger partial charge in [0.05, 0.1) is 19.3 Å². The summed E-state index contributed by atoms with van der Waals surface area (Å²) in [7, 11) is 1.57. The lowest BCUT2D eigenvalue weighted by Crippen LogP contribution is -2.32. The van der Waals surface area contributed by atoms with E-state index >= 15 is 0 Å². The molecule has 2 rings (SSSR count). The van der Waals surface area contributed by atoms with Gasteiger partial charge in [-0.3, -0.25) is 0 Å². The molecular formula is C19H24N2O3. The zero-order valence-corrected chi connectivity index (χ0v) is 14.6. The first-order chi connectivity index (χ1) is 11.5. The minimum Gasteiger partial charge on any atom is -0.495 e. The Morgan fingerprint density at radius 1 is 1.00 bits per heavy atom. The fourth-order valence-electron chi connectivity index (χ4n) is 2.37. The predicted octanol–water partition coefficient (Wildman–Crippen LogP) is 3.82. The Labute approximate surface area is 143 Å². The highest BCUT2D eigenvalue weighted by molar-refractivity contribution is 5.91. The Morgan fingerprint density at radius 2 is 1.67 bits per heavy atom. The van der Waals surface area contributed by atoms with Crippen molar-refractivity contribution in [3.05, 3.63) is 53.1 Å². The maximum Gasteiger partial charge on any atom is 0.319 e. The molecule has 0 heterocycles. The zero-order valence-electron chi connectivity index (χ0n) is 14.6. The molecule has 0 unspecified atom stereocenters. The van der Waals surface area contributed by atoms with Gasteiger partial charge in [-0.2, -0.15) is 0 Å². The Kier molecular flexibility index (Phi) is 6.07. The van der Waals surface area contributed by atoms with Crippen LogP contribution >= 0.6 is 0 Å². The molecule has 0 aliphatic carbocycles. The maximum absolute atomic E-state index is 12.0. The Morgan fingerprint density at radius 3 is 2.33 bits per heavy atom. The van der Waals surface area contributed by atoms with Gasteiger partial charge in [0.25, 0.3) is 0 Å². The SMILES string of the molecule is COc1ccc(C)cc1NC(=O)NCCOc1ccc(C)cc1C. The van der Waals surface area contributed by atoms with Gasteiger partial charge in [-0.05, 0) is 50.1 Å². The number of hydrogen-bond acceptors (Lipinski definition) is 3. The van der Waals surface area contributed by atoms with Crippen molar-refractivity contribution in [1.29, 1.82) is 0 Å². The van der Waals surface area contributed by atoms with Gasteiger partial charge in [0.2, 0.25) is 0 Å². The van der Waals surface area contributed by atoms with Gasteiger partial charge in [0, 0.05) is 0 Å². The lowest BCUT2D eigenvalue weighted by Gasteiger charge is -2.13. The highest BCUT2D eigenvalue weighted by Gasteiger charge is 2.07. The fraction of sp³-hybridized carbons (Fsp3) is 0.316. The molecule has 0 fully saturated rings. The van der Waals surface area contributed by atoms with Crippen LogP contribution in [0.2, 0.25) is 0 Å². The van der Waals surface area contributed by atoms with Crippen LogP contribution in [-0.2, 0) is 0 Å². The third-order valence-corrected chi connectivity index (χ3v) is 3.58. The van der Waals surface area contributed by atoms with E-state index in [4.69, 9.17) is 9.47 Å². The molecule has 0 saturated carbocycles. The third-order valence-electron chi connectivity index (χ3n) is 3.58. The average Bonchev–Trinajstić information content (AvgIpc) is 2.53. The van der Waals surface area contributed by atoms with Gasteiger partial charge in [0.15, 0.2) is 0 Å². The Balaban J connectivity index is 1.80. The summed E-state index contributed by atoms with van der Waals surface area (Å²) in [6, 6.07) is 11.4. The summed E-state index contributed by atoms with van der Waals surface area (Å²) in [5.41, 5.74) is 3.97. The van der Waals surface area contributed by atoms with Crippen molar-refractivity contribution in [3.8, 4) is 11.5 Å². The van der Waals surface area contributed by atoms with E-state index in [1.165, 1.54) is 5.56 Å². The number of anilines is 1. The van der Waals surface area contributed by atoms with Crippen molar-refractivity contribution in [2.24, 2.45) is 0 Å². The van der Waals surface area contributed by atoms with Crippen molar-refractivity contribution in [1.82, 2.24) is 5.32 Å². The number of rotatable bonds is 6. The second-order valence-electron chi connectivity index (χ2n) is 5.70. The number of hydrogen-bond donors (Lipinski definition) is 2. The summed E-state index contributed by atoms with van der Waals surface area (Å²) in [6.45, 7) is 6.82. The first-order valence-electron chi connectivity index (χ1n) is 7.89. The summed E-state index contributed by atoms with van der Waals surface area (Å²) in [5.74, 6) is 1.46. The number of nitrogens with one attached hydrogen (secondary N) is 2. The molecule has 0 atom stereocenters. The van der Waals surface area contributed by atoms with E-state index in [2.05, 4.69) is 16.7 Å². The van der Waals surface area contributed by atoms with Gasteiger partial charge in [-0.15, -0.1) is 0 Å². The molecule has 0 aliphatic rings. The number of urea groups is 1. The summed E-state index contributed by atoms with van der Waals surface area (Å²) < 4.78 is 10.9. The largest absolute Gasteiger partial charge is 0.495 e. The molecule has 0 radical (unpaired) electrons. The first-order valence-corrected chi connectivity index (χ1v) is 7.89. The van der Waals surface area contributed by atoms with Gasteiger partial charge >= 0.3 is 6.03 Å². The van der Waals surface area contributed by atoms with E-state index in [0.29, 0.717) is 24.6 Å². The van der Waals surface area contributed by atoms with E-state index in [9.17, 15) is 4.79 Å². The summed E-state index contributed by atoms with van der Waals surface area (Å²) in [6.07, 6.45) is 0. The van der Waals surface area contributed by atoms with Crippen molar-refractivity contribution in [2.45, 2.75) is 20.8 Å². The maximum atomic E-state index is 12.0. The van der Waals surface area contributed by atoms with Crippen molar-refractivity contribution in [3.63, 3.8) is 0 Å². The molecule has 0 aromatic heterocycles. The number of amides is 2. The highest BCUT2D eigenvalue weighted by atomic mass is 16.5. The quantitative estimate of drug-likeness (QED) is 0.793. The zero-order chi connectivity index (χ0) is 17.5. The van der Waals surface area contributed by atoms with Crippen LogP contribution in [0, 0.1) is 20.8 Å². The number of carbonyl (C=O) groups is 1. The molecule has 0 saturated heterocycles. The lowest BCUT2D eigenvalue weighted by atomic mass is 10.1. The Hall–Kier alpha value is -2.69. The number of methoxy groups -OCH3 is 1. The molecule has 0 aliphatic heterocycles. The Bertz CT molecular complexity index is 714. The van der Waals surface area contributed by atoms with Crippen molar-refractivity contribution >= 4 is 11.7 Å². The van der Waals surface area contributed by atoms with Crippen LogP contribution < -0.4 is 20.1 Å². The molecule has 0 bridgehead atoms. The van der Waals surface area contributed by atoms with E-state index in [1.54, 1.807) is 7.11 Å². The smallest absolute Gasteiger partial charge is 0.319 e. The van der Waals surface area contributed by atoms with Crippen LogP contribution in [0.5, 0.6) is 11.5 Å². The molecule has 2 amide bonds. The van der Waals surface area contributed by atoms with Crippen molar-refractivity contribution in [2.75, 3.05) is 25.6 Å². The minimum absolute atomic E-state index is 0.289. The van der Waals surface area contributed by atoms with Crippen LogP contribution in [0.25, 0.3) is 0 Å². The van der Waals surface area contributed by atoms with Crippen molar-refractivity contribution < 1.29 is 14.3 Å². The fourth-order valence-corrected chi connectivity index (χ4v) is 2.37. The second kappa shape index (κ2) is 8.24. The lowest BCUT2D eigenvalue weighted by molar-refractivity contribution is 0.247. The predicted molar refractivity (Wildman–Crippen MR) is 96.2 cm³/mol. The van der Waals surface area contributed by atoms with Gasteiger partial charge in [0.1, 0.15) is 18.1 Å². The highest BCUT2D eigenvalue weighted by Crippen LogP contribution is 2.25. The van der Waals surface area contributed by atoms with Gasteiger partial charge in [-0.1, -0.05) is 23.8 Å². The molecule has 2 aromatic carbocycles. The van der Waals surface area contributed by atoms with Gasteiger partial charge < -0.3 is 20.1 Å². The number of benzene rings is 2. The van der Waals surface area contributed by atoms with E-state index in [1.807, 2.05) is 51.1 Å². The van der Waals surface area contributed by atoms with E-state index in [-0.39, 0.29) is 6.03 Å². The number of carbonyl (C=O) groups excluding carboxylic acids is 1. The van der Waals surface area contributed by atoms with E-state index in [0.717, 1.165) is 16.9 Å².